The molecule has 0 saturated carbocycles. The molecule has 0 heterocycles. The zero-order valence-corrected chi connectivity index (χ0v) is 12.7. The zero-order chi connectivity index (χ0) is 15.0. The number of sulfone groups is 1. The first-order valence-electron chi connectivity index (χ1n) is 6.54. The van der Waals surface area contributed by atoms with E-state index in [4.69, 9.17) is 0 Å². The van der Waals surface area contributed by atoms with Crippen LogP contribution in [0, 0.1) is 0 Å². The molecule has 0 aliphatic rings. The van der Waals surface area contributed by atoms with Crippen molar-refractivity contribution in [2.75, 3.05) is 25.2 Å². The highest BCUT2D eigenvalue weighted by atomic mass is 32.2. The Balaban J connectivity index is 2.72. The lowest BCUT2D eigenvalue weighted by molar-refractivity contribution is -0.140. The number of carbonyl (C=O) groups is 1. The number of rotatable bonds is 8. The van der Waals surface area contributed by atoms with E-state index in [0.29, 0.717) is 6.54 Å². The Labute approximate surface area is 120 Å². The number of esters is 1. The molecule has 0 saturated heterocycles. The van der Waals surface area contributed by atoms with Gasteiger partial charge < -0.3 is 10.1 Å². The smallest absolute Gasteiger partial charge is 0.306 e. The fourth-order valence-corrected chi connectivity index (χ4v) is 3.35. The second-order valence-corrected chi connectivity index (χ2v) is 6.69. The Morgan fingerprint density at radius 3 is 2.50 bits per heavy atom. The standard InChI is InChI=1S/C14H21NO4S/c1-3-15-13(12-7-5-4-6-8-12)11-20(17,18)10-9-14(16)19-2/h4-8,13,15H,3,9-11H2,1-2H3. The minimum Gasteiger partial charge on any atom is -0.469 e. The van der Waals surface area contributed by atoms with E-state index in [0.717, 1.165) is 5.56 Å². The number of hydrogen-bond donors (Lipinski definition) is 1. The molecule has 0 amide bonds. The van der Waals surface area contributed by atoms with Crippen molar-refractivity contribution in [3.05, 3.63) is 35.9 Å². The summed E-state index contributed by atoms with van der Waals surface area (Å²) in [5.74, 6) is -0.718. The molecule has 1 rings (SSSR count). The first-order valence-corrected chi connectivity index (χ1v) is 8.36. The zero-order valence-electron chi connectivity index (χ0n) is 11.8. The predicted octanol–water partition coefficient (Wildman–Crippen LogP) is 1.32. The molecule has 1 N–H and O–H groups in total. The van der Waals surface area contributed by atoms with Crippen molar-refractivity contribution >= 4 is 15.8 Å². The molecule has 0 aromatic heterocycles. The summed E-state index contributed by atoms with van der Waals surface area (Å²) in [5, 5.41) is 3.16. The molecule has 0 fully saturated rings. The average molecular weight is 299 g/mol. The number of ether oxygens (including phenoxy) is 1. The van der Waals surface area contributed by atoms with Crippen LogP contribution in [0.25, 0.3) is 0 Å². The van der Waals surface area contributed by atoms with Gasteiger partial charge in [-0.25, -0.2) is 8.42 Å². The molecule has 1 atom stereocenters. The Hall–Kier alpha value is -1.40. The molecule has 1 unspecified atom stereocenters. The summed E-state index contributed by atoms with van der Waals surface area (Å²) >= 11 is 0. The van der Waals surface area contributed by atoms with Crippen LogP contribution in [-0.4, -0.2) is 39.5 Å². The van der Waals surface area contributed by atoms with Crippen LogP contribution in [0.4, 0.5) is 0 Å². The Bertz CT molecular complexity index is 513. The normalized spacial score (nSPS) is 12.9. The van der Waals surface area contributed by atoms with Crippen molar-refractivity contribution in [3.63, 3.8) is 0 Å². The van der Waals surface area contributed by atoms with Gasteiger partial charge in [-0.1, -0.05) is 37.3 Å². The third-order valence-electron chi connectivity index (χ3n) is 2.92. The van der Waals surface area contributed by atoms with Gasteiger partial charge in [-0.05, 0) is 12.1 Å². The summed E-state index contributed by atoms with van der Waals surface area (Å²) in [5.41, 5.74) is 0.927. The van der Waals surface area contributed by atoms with Crippen molar-refractivity contribution in [2.45, 2.75) is 19.4 Å². The van der Waals surface area contributed by atoms with Crippen molar-refractivity contribution < 1.29 is 17.9 Å². The van der Waals surface area contributed by atoms with Gasteiger partial charge in [0.25, 0.3) is 0 Å². The van der Waals surface area contributed by atoms with Crippen LogP contribution in [0.5, 0.6) is 0 Å². The van der Waals surface area contributed by atoms with Crippen molar-refractivity contribution in [3.8, 4) is 0 Å². The fraction of sp³-hybridized carbons (Fsp3) is 0.500. The summed E-state index contributed by atoms with van der Waals surface area (Å²) < 4.78 is 28.6. The van der Waals surface area contributed by atoms with Crippen LogP contribution in [0.15, 0.2) is 30.3 Å². The van der Waals surface area contributed by atoms with Crippen LogP contribution >= 0.6 is 0 Å². The van der Waals surface area contributed by atoms with Crippen molar-refractivity contribution in [1.29, 1.82) is 0 Å². The lowest BCUT2D eigenvalue weighted by Gasteiger charge is -2.18. The monoisotopic (exact) mass is 299 g/mol. The van der Waals surface area contributed by atoms with Gasteiger partial charge in [0, 0.05) is 6.04 Å². The Morgan fingerprint density at radius 2 is 1.95 bits per heavy atom. The third kappa shape index (κ3) is 5.71. The Kier molecular flexibility index (Phi) is 6.67. The molecular weight excluding hydrogens is 278 g/mol. The lowest BCUT2D eigenvalue weighted by Crippen LogP contribution is -2.29. The van der Waals surface area contributed by atoms with E-state index in [1.807, 2.05) is 37.3 Å². The number of nitrogens with one attached hydrogen (secondary N) is 1. The van der Waals surface area contributed by atoms with Crippen LogP contribution in [0.2, 0.25) is 0 Å². The molecule has 20 heavy (non-hydrogen) atoms. The molecule has 0 aliphatic carbocycles. The van der Waals surface area contributed by atoms with Gasteiger partial charge in [0.15, 0.2) is 9.84 Å². The number of hydrogen-bond acceptors (Lipinski definition) is 5. The van der Waals surface area contributed by atoms with E-state index in [9.17, 15) is 13.2 Å². The summed E-state index contributed by atoms with van der Waals surface area (Å²) in [6.07, 6.45) is -0.105. The van der Waals surface area contributed by atoms with E-state index in [2.05, 4.69) is 10.1 Å². The van der Waals surface area contributed by atoms with E-state index in [1.165, 1.54) is 7.11 Å². The molecule has 1 aromatic rings. The van der Waals surface area contributed by atoms with E-state index in [1.54, 1.807) is 0 Å². The lowest BCUT2D eigenvalue weighted by atomic mass is 10.1. The van der Waals surface area contributed by atoms with Crippen molar-refractivity contribution in [1.82, 2.24) is 5.32 Å². The van der Waals surface area contributed by atoms with Crippen LogP contribution < -0.4 is 5.32 Å². The SMILES string of the molecule is CCNC(CS(=O)(=O)CCC(=O)OC)c1ccccc1. The van der Waals surface area contributed by atoms with E-state index in [-0.39, 0.29) is 24.0 Å². The first kappa shape index (κ1) is 16.7. The molecule has 1 aromatic carbocycles. The van der Waals surface area contributed by atoms with Gasteiger partial charge in [0.05, 0.1) is 25.0 Å². The van der Waals surface area contributed by atoms with Gasteiger partial charge in [-0.2, -0.15) is 0 Å². The van der Waals surface area contributed by atoms with Gasteiger partial charge in [-0.15, -0.1) is 0 Å². The highest BCUT2D eigenvalue weighted by Crippen LogP contribution is 2.15. The maximum atomic E-state index is 12.1. The van der Waals surface area contributed by atoms with Crippen LogP contribution in [-0.2, 0) is 19.4 Å². The summed E-state index contributed by atoms with van der Waals surface area (Å²) in [4.78, 5) is 11.0. The van der Waals surface area contributed by atoms with Gasteiger partial charge in [-0.3, -0.25) is 4.79 Å². The number of benzene rings is 1. The quantitative estimate of drug-likeness (QED) is 0.733. The minimum atomic E-state index is -3.32. The Morgan fingerprint density at radius 1 is 1.30 bits per heavy atom. The second kappa shape index (κ2) is 8.01. The maximum absolute atomic E-state index is 12.1. The number of carbonyl (C=O) groups excluding carboxylic acids is 1. The summed E-state index contributed by atoms with van der Waals surface area (Å²) in [6, 6.07) is 9.16. The molecule has 0 aliphatic heterocycles. The fourth-order valence-electron chi connectivity index (χ4n) is 1.88. The van der Waals surface area contributed by atoms with Gasteiger partial charge >= 0.3 is 5.97 Å². The number of methoxy groups -OCH3 is 1. The second-order valence-electron chi connectivity index (χ2n) is 4.46. The van der Waals surface area contributed by atoms with E-state index >= 15 is 0 Å². The maximum Gasteiger partial charge on any atom is 0.306 e. The molecule has 0 bridgehead atoms. The average Bonchev–Trinajstić information content (AvgIpc) is 2.45. The van der Waals surface area contributed by atoms with E-state index < -0.39 is 15.8 Å². The predicted molar refractivity (Wildman–Crippen MR) is 78.1 cm³/mol. The third-order valence-corrected chi connectivity index (χ3v) is 4.59. The highest BCUT2D eigenvalue weighted by molar-refractivity contribution is 7.91. The topological polar surface area (TPSA) is 72.5 Å². The first-order chi connectivity index (χ1) is 9.48. The summed E-state index contributed by atoms with van der Waals surface area (Å²) in [7, 11) is -2.07. The van der Waals surface area contributed by atoms with Crippen LogP contribution in [0.3, 0.4) is 0 Å². The van der Waals surface area contributed by atoms with Crippen molar-refractivity contribution in [2.24, 2.45) is 0 Å². The molecule has 112 valence electrons. The minimum absolute atomic E-state index is 0.0259. The van der Waals surface area contributed by atoms with Gasteiger partial charge in [0.1, 0.15) is 0 Å². The molecule has 0 spiro atoms. The highest BCUT2D eigenvalue weighted by Gasteiger charge is 2.21. The molecule has 5 nitrogen and oxygen atoms in total. The summed E-state index contributed by atoms with van der Waals surface area (Å²) in [6.45, 7) is 2.60. The molecular formula is C14H21NO4S. The van der Waals surface area contributed by atoms with Crippen LogP contribution in [0.1, 0.15) is 24.9 Å². The molecule has 0 radical (unpaired) electrons. The molecule has 6 heteroatoms. The van der Waals surface area contributed by atoms with Gasteiger partial charge in [0.2, 0.25) is 0 Å². The largest absolute Gasteiger partial charge is 0.469 e.